The second-order valence-electron chi connectivity index (χ2n) is 3.63. The Morgan fingerprint density at radius 1 is 1.56 bits per heavy atom. The Kier molecular flexibility index (Phi) is 4.57. The maximum absolute atomic E-state index is 11.4. The number of amides is 1. The lowest BCUT2D eigenvalue weighted by molar-refractivity contribution is -0.119. The molecule has 0 bridgehead atoms. The van der Waals surface area contributed by atoms with E-state index in [2.05, 4.69) is 15.6 Å². The maximum atomic E-state index is 11.4. The average molecular weight is 223 g/mol. The van der Waals surface area contributed by atoms with E-state index in [1.165, 1.54) is 0 Å². The third-order valence-corrected chi connectivity index (χ3v) is 1.86. The van der Waals surface area contributed by atoms with Crippen molar-refractivity contribution in [1.29, 1.82) is 0 Å². The van der Waals surface area contributed by atoms with Crippen molar-refractivity contribution in [1.82, 2.24) is 10.3 Å². The minimum absolute atomic E-state index is 0.0669. The van der Waals surface area contributed by atoms with Gasteiger partial charge in [0.15, 0.2) is 11.6 Å². The van der Waals surface area contributed by atoms with Gasteiger partial charge in [-0.25, -0.2) is 4.98 Å². The molecule has 5 heteroatoms. The summed E-state index contributed by atoms with van der Waals surface area (Å²) < 4.78 is 5.10. The van der Waals surface area contributed by atoms with Gasteiger partial charge >= 0.3 is 0 Å². The van der Waals surface area contributed by atoms with Gasteiger partial charge in [-0.2, -0.15) is 0 Å². The van der Waals surface area contributed by atoms with E-state index in [1.807, 2.05) is 13.8 Å². The fourth-order valence-electron chi connectivity index (χ4n) is 1.23. The zero-order valence-corrected chi connectivity index (χ0v) is 9.78. The van der Waals surface area contributed by atoms with Crippen LogP contribution in [0.1, 0.15) is 13.8 Å². The highest BCUT2D eigenvalue weighted by atomic mass is 16.5. The van der Waals surface area contributed by atoms with E-state index in [0.717, 1.165) is 0 Å². The molecule has 1 aromatic rings. The Morgan fingerprint density at radius 2 is 2.31 bits per heavy atom. The highest BCUT2D eigenvalue weighted by molar-refractivity contribution is 5.81. The molecule has 1 amide bonds. The molecule has 88 valence electrons. The zero-order chi connectivity index (χ0) is 12.0. The molecule has 16 heavy (non-hydrogen) atoms. The first kappa shape index (κ1) is 12.3. The number of ether oxygens (including phenoxy) is 1. The molecule has 1 heterocycles. The van der Waals surface area contributed by atoms with Gasteiger partial charge in [0.25, 0.3) is 0 Å². The van der Waals surface area contributed by atoms with Crippen LogP contribution in [-0.4, -0.2) is 30.6 Å². The van der Waals surface area contributed by atoms with Gasteiger partial charge in [-0.05, 0) is 26.0 Å². The fourth-order valence-corrected chi connectivity index (χ4v) is 1.23. The lowest BCUT2D eigenvalue weighted by atomic mass is 10.4. The fraction of sp³-hybridized carbons (Fsp3) is 0.455. The normalized spacial score (nSPS) is 10.0. The molecule has 0 saturated heterocycles. The molecule has 0 aliphatic heterocycles. The van der Waals surface area contributed by atoms with Crippen LogP contribution in [0.25, 0.3) is 0 Å². The number of nitrogens with zero attached hydrogens (tertiary/aromatic N) is 1. The lowest BCUT2D eigenvalue weighted by Gasteiger charge is -2.11. The molecule has 0 saturated carbocycles. The number of methoxy groups -OCH3 is 1. The Labute approximate surface area is 95.2 Å². The van der Waals surface area contributed by atoms with Crippen LogP contribution in [0.15, 0.2) is 18.3 Å². The van der Waals surface area contributed by atoms with Crippen molar-refractivity contribution in [3.8, 4) is 5.75 Å². The summed E-state index contributed by atoms with van der Waals surface area (Å²) in [5, 5.41) is 5.70. The number of hydrogen-bond donors (Lipinski definition) is 2. The monoisotopic (exact) mass is 223 g/mol. The third-order valence-electron chi connectivity index (χ3n) is 1.86. The third kappa shape index (κ3) is 3.76. The number of aromatic nitrogens is 1. The second kappa shape index (κ2) is 5.95. The highest BCUT2D eigenvalue weighted by Gasteiger charge is 2.06. The highest BCUT2D eigenvalue weighted by Crippen LogP contribution is 2.19. The van der Waals surface area contributed by atoms with Crippen molar-refractivity contribution < 1.29 is 9.53 Å². The van der Waals surface area contributed by atoms with Crippen LogP contribution in [0.3, 0.4) is 0 Å². The first-order valence-electron chi connectivity index (χ1n) is 5.15. The number of carbonyl (C=O) groups is 1. The maximum Gasteiger partial charge on any atom is 0.239 e. The molecule has 1 rings (SSSR count). The van der Waals surface area contributed by atoms with Crippen LogP contribution < -0.4 is 15.4 Å². The number of carbonyl (C=O) groups excluding carboxylic acids is 1. The van der Waals surface area contributed by atoms with Gasteiger partial charge in [0.2, 0.25) is 5.91 Å². The summed E-state index contributed by atoms with van der Waals surface area (Å²) in [6.07, 6.45) is 1.64. The van der Waals surface area contributed by atoms with E-state index in [4.69, 9.17) is 4.74 Å². The van der Waals surface area contributed by atoms with Gasteiger partial charge in [0.05, 0.1) is 13.7 Å². The van der Waals surface area contributed by atoms with Crippen molar-refractivity contribution in [2.24, 2.45) is 0 Å². The molecule has 0 spiro atoms. The zero-order valence-electron chi connectivity index (χ0n) is 9.78. The van der Waals surface area contributed by atoms with E-state index in [0.29, 0.717) is 11.6 Å². The first-order valence-corrected chi connectivity index (χ1v) is 5.15. The van der Waals surface area contributed by atoms with Crippen LogP contribution >= 0.6 is 0 Å². The SMILES string of the molecule is COc1cccnc1NCC(=O)NC(C)C. The van der Waals surface area contributed by atoms with Crippen molar-refractivity contribution in [3.63, 3.8) is 0 Å². The molecular weight excluding hydrogens is 206 g/mol. The number of nitrogens with one attached hydrogen (secondary N) is 2. The molecule has 5 nitrogen and oxygen atoms in total. The predicted molar refractivity (Wildman–Crippen MR) is 62.6 cm³/mol. The van der Waals surface area contributed by atoms with Crippen LogP contribution in [-0.2, 0) is 4.79 Å². The van der Waals surface area contributed by atoms with E-state index < -0.39 is 0 Å². The lowest BCUT2D eigenvalue weighted by Crippen LogP contribution is -2.35. The van der Waals surface area contributed by atoms with Gasteiger partial charge in [-0.1, -0.05) is 0 Å². The van der Waals surface area contributed by atoms with Crippen LogP contribution in [0, 0.1) is 0 Å². The molecule has 0 aliphatic carbocycles. The Bertz CT molecular complexity index is 353. The molecular formula is C11H17N3O2. The Morgan fingerprint density at radius 3 is 2.94 bits per heavy atom. The molecule has 2 N–H and O–H groups in total. The molecule has 1 aromatic heterocycles. The van der Waals surface area contributed by atoms with E-state index in [-0.39, 0.29) is 18.5 Å². The van der Waals surface area contributed by atoms with Gasteiger partial charge in [-0.3, -0.25) is 4.79 Å². The minimum atomic E-state index is -0.0669. The van der Waals surface area contributed by atoms with Crippen LogP contribution in [0.4, 0.5) is 5.82 Å². The second-order valence-corrected chi connectivity index (χ2v) is 3.63. The minimum Gasteiger partial charge on any atom is -0.493 e. The summed E-state index contributed by atoms with van der Waals surface area (Å²) in [6.45, 7) is 4.02. The van der Waals surface area contributed by atoms with E-state index in [9.17, 15) is 4.79 Å². The summed E-state index contributed by atoms with van der Waals surface area (Å²) in [4.78, 5) is 15.5. The van der Waals surface area contributed by atoms with Crippen molar-refractivity contribution in [3.05, 3.63) is 18.3 Å². The predicted octanol–water partition coefficient (Wildman–Crippen LogP) is 1.03. The number of rotatable bonds is 5. The van der Waals surface area contributed by atoms with Gasteiger partial charge in [0, 0.05) is 12.2 Å². The summed E-state index contributed by atoms with van der Waals surface area (Å²) in [5.41, 5.74) is 0. The van der Waals surface area contributed by atoms with Crippen molar-refractivity contribution in [2.45, 2.75) is 19.9 Å². The standard InChI is InChI=1S/C11H17N3O2/c1-8(2)14-10(15)7-13-11-9(16-3)5-4-6-12-11/h4-6,8H,7H2,1-3H3,(H,12,13)(H,14,15). The van der Waals surface area contributed by atoms with Crippen molar-refractivity contribution in [2.75, 3.05) is 19.0 Å². The molecule has 0 radical (unpaired) electrons. The van der Waals surface area contributed by atoms with Gasteiger partial charge in [0.1, 0.15) is 0 Å². The molecule has 0 fully saturated rings. The molecule has 0 unspecified atom stereocenters. The van der Waals surface area contributed by atoms with E-state index >= 15 is 0 Å². The van der Waals surface area contributed by atoms with Crippen LogP contribution in [0.5, 0.6) is 5.75 Å². The summed E-state index contributed by atoms with van der Waals surface area (Å²) in [7, 11) is 1.57. The smallest absolute Gasteiger partial charge is 0.239 e. The first-order chi connectivity index (χ1) is 7.63. The summed E-state index contributed by atoms with van der Waals surface area (Å²) in [6, 6.07) is 3.70. The van der Waals surface area contributed by atoms with Crippen LogP contribution in [0.2, 0.25) is 0 Å². The Balaban J connectivity index is 2.51. The summed E-state index contributed by atoms with van der Waals surface area (Å²) in [5.74, 6) is 1.13. The Hall–Kier alpha value is -1.78. The van der Waals surface area contributed by atoms with Crippen molar-refractivity contribution >= 4 is 11.7 Å². The largest absolute Gasteiger partial charge is 0.493 e. The number of pyridine rings is 1. The number of hydrogen-bond acceptors (Lipinski definition) is 4. The average Bonchev–Trinajstić information content (AvgIpc) is 2.26. The topological polar surface area (TPSA) is 63.2 Å². The van der Waals surface area contributed by atoms with Gasteiger partial charge < -0.3 is 15.4 Å². The molecule has 0 aromatic carbocycles. The quantitative estimate of drug-likeness (QED) is 0.782. The number of anilines is 1. The van der Waals surface area contributed by atoms with E-state index in [1.54, 1.807) is 25.4 Å². The summed E-state index contributed by atoms with van der Waals surface area (Å²) >= 11 is 0. The molecule has 0 aliphatic rings. The molecule has 0 atom stereocenters. The van der Waals surface area contributed by atoms with Gasteiger partial charge in [-0.15, -0.1) is 0 Å².